The largest absolute Gasteiger partial charge is 0.479 e. The molecule has 26 heavy (non-hydrogen) atoms. The number of aliphatic carboxylic acids is 1. The number of para-hydroxylation sites is 2. The molecule has 3 rings (SSSR count). The van der Waals surface area contributed by atoms with Crippen molar-refractivity contribution in [3.05, 3.63) is 34.7 Å². The minimum absolute atomic E-state index is 0.0692. The van der Waals surface area contributed by atoms with E-state index in [1.807, 2.05) is 31.2 Å². The molecule has 0 saturated carbocycles. The first-order valence-corrected chi connectivity index (χ1v) is 9.94. The Morgan fingerprint density at radius 3 is 2.42 bits per heavy atom. The van der Waals surface area contributed by atoms with E-state index in [4.69, 9.17) is 0 Å². The number of rotatable bonds is 7. The van der Waals surface area contributed by atoms with Gasteiger partial charge in [-0.25, -0.2) is 9.59 Å². The molecular formula is C18H23N3O4S. The van der Waals surface area contributed by atoms with Crippen molar-refractivity contribution in [2.24, 2.45) is 0 Å². The van der Waals surface area contributed by atoms with Gasteiger partial charge in [0.25, 0.3) is 0 Å². The summed E-state index contributed by atoms with van der Waals surface area (Å²) in [5.74, 6) is -0.234. The molecule has 1 aromatic heterocycles. The van der Waals surface area contributed by atoms with E-state index in [-0.39, 0.29) is 24.6 Å². The van der Waals surface area contributed by atoms with Crippen LogP contribution in [-0.2, 0) is 22.7 Å². The van der Waals surface area contributed by atoms with Crippen molar-refractivity contribution in [2.75, 3.05) is 11.5 Å². The van der Waals surface area contributed by atoms with Crippen LogP contribution in [0.5, 0.6) is 0 Å². The Balaban J connectivity index is 1.77. The topological polar surface area (TPSA) is 93.3 Å². The van der Waals surface area contributed by atoms with Gasteiger partial charge in [0.15, 0.2) is 0 Å². The Kier molecular flexibility index (Phi) is 5.41. The number of fused-ring (bicyclic) bond motifs is 1. The van der Waals surface area contributed by atoms with Crippen molar-refractivity contribution < 1.29 is 14.7 Å². The Hall–Kier alpha value is -2.22. The van der Waals surface area contributed by atoms with Gasteiger partial charge in [-0.1, -0.05) is 19.1 Å². The number of hydrogen-bond donors (Lipinski definition) is 2. The standard InChI is InChI=1S/C18H23N3O4S/c1-2-9-20-13-5-3-4-6-14(13)21(17(20)25)10-7-15(22)19-18(16(23)24)8-11-26-12-18/h3-6H,2,7-12H2,1H3,(H,19,22)(H,23,24). The summed E-state index contributed by atoms with van der Waals surface area (Å²) >= 11 is 1.52. The van der Waals surface area contributed by atoms with E-state index in [0.29, 0.717) is 18.7 Å². The highest BCUT2D eigenvalue weighted by Gasteiger charge is 2.43. The zero-order valence-electron chi connectivity index (χ0n) is 14.7. The fourth-order valence-corrected chi connectivity index (χ4v) is 4.68. The van der Waals surface area contributed by atoms with Crippen LogP contribution in [-0.4, -0.2) is 43.2 Å². The second kappa shape index (κ2) is 7.57. The SMILES string of the molecule is CCCn1c(=O)n(CCC(=O)NC2(C(=O)O)CCSC2)c2ccccc21. The molecule has 2 N–H and O–H groups in total. The quantitative estimate of drug-likeness (QED) is 0.766. The average molecular weight is 377 g/mol. The van der Waals surface area contributed by atoms with Gasteiger partial charge in [0.05, 0.1) is 11.0 Å². The number of nitrogens with one attached hydrogen (secondary N) is 1. The molecule has 0 radical (unpaired) electrons. The Labute approximate surface area is 155 Å². The van der Waals surface area contributed by atoms with Crippen molar-refractivity contribution in [3.63, 3.8) is 0 Å². The molecule has 1 aliphatic rings. The number of carbonyl (C=O) groups is 2. The van der Waals surface area contributed by atoms with Gasteiger partial charge in [-0.2, -0.15) is 11.8 Å². The van der Waals surface area contributed by atoms with Crippen LogP contribution in [0.15, 0.2) is 29.1 Å². The van der Waals surface area contributed by atoms with E-state index < -0.39 is 11.5 Å². The summed E-state index contributed by atoms with van der Waals surface area (Å²) < 4.78 is 3.32. The fraction of sp³-hybridized carbons (Fsp3) is 0.500. The second-order valence-electron chi connectivity index (χ2n) is 6.56. The first-order chi connectivity index (χ1) is 12.5. The van der Waals surface area contributed by atoms with Gasteiger partial charge in [0.2, 0.25) is 5.91 Å². The average Bonchev–Trinajstić information content (AvgIpc) is 3.19. The zero-order chi connectivity index (χ0) is 18.7. The normalized spacial score (nSPS) is 19.7. The highest BCUT2D eigenvalue weighted by atomic mass is 32.2. The maximum absolute atomic E-state index is 12.7. The summed E-state index contributed by atoms with van der Waals surface area (Å²) in [7, 11) is 0. The number of aromatic nitrogens is 2. The van der Waals surface area contributed by atoms with Crippen LogP contribution in [0.25, 0.3) is 11.0 Å². The van der Waals surface area contributed by atoms with Crippen molar-refractivity contribution >= 4 is 34.7 Å². The molecular weight excluding hydrogens is 354 g/mol. The maximum Gasteiger partial charge on any atom is 0.330 e. The third-order valence-corrected chi connectivity index (χ3v) is 5.93. The third kappa shape index (κ3) is 3.38. The molecule has 1 aliphatic heterocycles. The molecule has 1 aromatic carbocycles. The molecule has 8 heteroatoms. The van der Waals surface area contributed by atoms with Gasteiger partial charge in [-0.3, -0.25) is 13.9 Å². The minimum atomic E-state index is -1.18. The Morgan fingerprint density at radius 2 is 1.88 bits per heavy atom. The number of carbonyl (C=O) groups excluding carboxylic acids is 1. The predicted molar refractivity (Wildman–Crippen MR) is 102 cm³/mol. The number of imidazole rings is 1. The van der Waals surface area contributed by atoms with E-state index in [9.17, 15) is 19.5 Å². The third-order valence-electron chi connectivity index (χ3n) is 4.74. The number of nitrogens with zero attached hydrogens (tertiary/aromatic N) is 2. The lowest BCUT2D eigenvalue weighted by Crippen LogP contribution is -2.54. The van der Waals surface area contributed by atoms with Crippen molar-refractivity contribution in [1.82, 2.24) is 14.5 Å². The summed E-state index contributed by atoms with van der Waals surface area (Å²) in [6, 6.07) is 7.52. The number of thioether (sulfide) groups is 1. The van der Waals surface area contributed by atoms with Crippen LogP contribution in [0.1, 0.15) is 26.2 Å². The molecule has 1 unspecified atom stereocenters. The van der Waals surface area contributed by atoms with E-state index in [1.165, 1.54) is 11.8 Å². The van der Waals surface area contributed by atoms with Crippen LogP contribution in [0.3, 0.4) is 0 Å². The van der Waals surface area contributed by atoms with Crippen LogP contribution < -0.4 is 11.0 Å². The lowest BCUT2D eigenvalue weighted by Gasteiger charge is -2.24. The molecule has 2 heterocycles. The first-order valence-electron chi connectivity index (χ1n) is 8.79. The molecule has 1 atom stereocenters. The number of benzene rings is 1. The maximum atomic E-state index is 12.7. The van der Waals surface area contributed by atoms with E-state index in [2.05, 4.69) is 5.32 Å². The number of carboxylic acid groups (broad SMARTS) is 1. The first kappa shape index (κ1) is 18.6. The van der Waals surface area contributed by atoms with Gasteiger partial charge in [-0.05, 0) is 30.7 Å². The molecule has 0 spiro atoms. The molecule has 140 valence electrons. The highest BCUT2D eigenvalue weighted by molar-refractivity contribution is 7.99. The molecule has 2 aromatic rings. The number of carboxylic acids is 1. The van der Waals surface area contributed by atoms with Crippen molar-refractivity contribution in [3.8, 4) is 0 Å². The number of amides is 1. The summed E-state index contributed by atoms with van der Waals surface area (Å²) in [4.78, 5) is 36.6. The fourth-order valence-electron chi connectivity index (χ4n) is 3.36. The molecule has 0 aliphatic carbocycles. The summed E-state index contributed by atoms with van der Waals surface area (Å²) in [5, 5.41) is 12.1. The summed E-state index contributed by atoms with van der Waals surface area (Å²) in [6.45, 7) is 2.86. The zero-order valence-corrected chi connectivity index (χ0v) is 15.6. The van der Waals surface area contributed by atoms with Crippen LogP contribution >= 0.6 is 11.8 Å². The van der Waals surface area contributed by atoms with E-state index in [0.717, 1.165) is 23.2 Å². The molecule has 1 saturated heterocycles. The summed E-state index contributed by atoms with van der Waals surface area (Å²) in [5.41, 5.74) is 0.338. The van der Waals surface area contributed by atoms with Gasteiger partial charge in [-0.15, -0.1) is 0 Å². The van der Waals surface area contributed by atoms with Crippen molar-refractivity contribution in [2.45, 2.75) is 44.8 Å². The Morgan fingerprint density at radius 1 is 1.23 bits per heavy atom. The smallest absolute Gasteiger partial charge is 0.330 e. The van der Waals surface area contributed by atoms with Gasteiger partial charge >= 0.3 is 11.7 Å². The number of hydrogen-bond acceptors (Lipinski definition) is 4. The van der Waals surface area contributed by atoms with E-state index in [1.54, 1.807) is 9.13 Å². The van der Waals surface area contributed by atoms with E-state index >= 15 is 0 Å². The van der Waals surface area contributed by atoms with Crippen LogP contribution in [0.4, 0.5) is 0 Å². The summed E-state index contributed by atoms with van der Waals surface area (Å²) in [6.07, 6.45) is 1.33. The minimum Gasteiger partial charge on any atom is -0.479 e. The lowest BCUT2D eigenvalue weighted by atomic mass is 9.99. The predicted octanol–water partition coefficient (Wildman–Crippen LogP) is 1.68. The molecule has 1 fully saturated rings. The lowest BCUT2D eigenvalue weighted by molar-refractivity contribution is -0.146. The van der Waals surface area contributed by atoms with Gasteiger partial charge < -0.3 is 10.4 Å². The van der Waals surface area contributed by atoms with Crippen LogP contribution in [0, 0.1) is 0 Å². The highest BCUT2D eigenvalue weighted by Crippen LogP contribution is 2.28. The van der Waals surface area contributed by atoms with Gasteiger partial charge in [0, 0.05) is 25.3 Å². The number of aryl methyl sites for hydroxylation is 2. The molecule has 1 amide bonds. The monoisotopic (exact) mass is 377 g/mol. The second-order valence-corrected chi connectivity index (χ2v) is 7.67. The van der Waals surface area contributed by atoms with Gasteiger partial charge in [0.1, 0.15) is 5.54 Å². The Bertz CT molecular complexity index is 880. The van der Waals surface area contributed by atoms with Crippen LogP contribution in [0.2, 0.25) is 0 Å². The van der Waals surface area contributed by atoms with Crippen molar-refractivity contribution in [1.29, 1.82) is 0 Å². The molecule has 0 bridgehead atoms. The molecule has 7 nitrogen and oxygen atoms in total.